The van der Waals surface area contributed by atoms with E-state index in [2.05, 4.69) is 22.5 Å². The molecule has 25 heavy (non-hydrogen) atoms. The van der Waals surface area contributed by atoms with Gasteiger partial charge in [0.2, 0.25) is 5.27 Å². The SMILES string of the molecule is CCc1c(C)nc2sc(C(=O)Nc3c[n+](C(C)C)no3)c(N)c2c1C. The van der Waals surface area contributed by atoms with E-state index >= 15 is 0 Å². The topological polar surface area (TPSA) is 97.9 Å². The Morgan fingerprint density at radius 2 is 2.16 bits per heavy atom. The number of nitrogens with one attached hydrogen (secondary N) is 1. The van der Waals surface area contributed by atoms with Gasteiger partial charge < -0.3 is 5.73 Å². The highest BCUT2D eigenvalue weighted by Gasteiger charge is 2.23. The van der Waals surface area contributed by atoms with E-state index in [4.69, 9.17) is 10.3 Å². The minimum Gasteiger partial charge on any atom is -0.397 e. The molecule has 0 saturated heterocycles. The van der Waals surface area contributed by atoms with E-state index in [1.54, 1.807) is 10.9 Å². The van der Waals surface area contributed by atoms with E-state index in [9.17, 15) is 4.79 Å². The van der Waals surface area contributed by atoms with Gasteiger partial charge in [-0.25, -0.2) is 4.98 Å². The molecule has 0 aliphatic heterocycles. The molecule has 3 rings (SSSR count). The van der Waals surface area contributed by atoms with Gasteiger partial charge in [0.25, 0.3) is 12.1 Å². The molecule has 0 spiro atoms. The van der Waals surface area contributed by atoms with Crippen molar-refractivity contribution in [3.05, 3.63) is 27.9 Å². The molecule has 7 nitrogen and oxygen atoms in total. The van der Waals surface area contributed by atoms with Gasteiger partial charge in [0.15, 0.2) is 6.04 Å². The molecular weight excluding hydrogens is 338 g/mol. The number of thiophene rings is 1. The monoisotopic (exact) mass is 360 g/mol. The Balaban J connectivity index is 1.99. The van der Waals surface area contributed by atoms with Crippen molar-refractivity contribution in [3.63, 3.8) is 0 Å². The molecule has 8 heteroatoms. The van der Waals surface area contributed by atoms with Crippen molar-refractivity contribution in [2.24, 2.45) is 0 Å². The normalized spacial score (nSPS) is 11.4. The molecule has 0 aliphatic carbocycles. The molecule has 132 valence electrons. The smallest absolute Gasteiger partial charge is 0.302 e. The van der Waals surface area contributed by atoms with E-state index in [0.29, 0.717) is 10.6 Å². The first-order valence-corrected chi connectivity index (χ1v) is 9.02. The highest BCUT2D eigenvalue weighted by atomic mass is 32.1. The molecule has 0 unspecified atom stereocenters. The van der Waals surface area contributed by atoms with Crippen molar-refractivity contribution >= 4 is 39.0 Å². The summed E-state index contributed by atoms with van der Waals surface area (Å²) in [5.74, 6) is -0.0340. The lowest BCUT2D eigenvalue weighted by molar-refractivity contribution is -0.779. The molecule has 0 radical (unpaired) electrons. The first-order chi connectivity index (χ1) is 11.8. The van der Waals surface area contributed by atoms with Crippen LogP contribution in [0.3, 0.4) is 0 Å². The first kappa shape index (κ1) is 17.3. The standard InChI is InChI=1S/C17H21N5O2S/c1-6-11-9(4)13-14(18)15(25-17(13)19-10(11)5)16(23)20-12-7-22(8(2)3)21-24-12/h7-8H,6H2,1-5H3,(H2-,18,20,21,23)/p+1. The van der Waals surface area contributed by atoms with Crippen molar-refractivity contribution in [1.82, 2.24) is 10.3 Å². The lowest BCUT2D eigenvalue weighted by atomic mass is 10.0. The number of pyridine rings is 1. The van der Waals surface area contributed by atoms with Crippen molar-refractivity contribution in [3.8, 4) is 0 Å². The van der Waals surface area contributed by atoms with Gasteiger partial charge in [-0.05, 0) is 49.9 Å². The molecule has 1 amide bonds. The van der Waals surface area contributed by atoms with Gasteiger partial charge in [-0.1, -0.05) is 6.92 Å². The third-order valence-corrected chi connectivity index (χ3v) is 5.37. The van der Waals surface area contributed by atoms with Crippen molar-refractivity contribution in [2.45, 2.75) is 47.1 Å². The van der Waals surface area contributed by atoms with Gasteiger partial charge in [-0.2, -0.15) is 0 Å². The lowest BCUT2D eigenvalue weighted by Gasteiger charge is -2.08. The molecule has 3 aromatic heterocycles. The molecule has 0 atom stereocenters. The number of fused-ring (bicyclic) bond motifs is 1. The van der Waals surface area contributed by atoms with E-state index in [1.807, 2.05) is 27.7 Å². The molecule has 0 bridgehead atoms. The summed E-state index contributed by atoms with van der Waals surface area (Å²) in [5, 5.41) is 7.44. The molecular formula is C17H22N5O2S+. The van der Waals surface area contributed by atoms with E-state index in [0.717, 1.165) is 27.9 Å². The maximum absolute atomic E-state index is 12.6. The number of carbonyl (C=O) groups is 1. The second kappa shape index (κ2) is 6.44. The maximum atomic E-state index is 12.6. The average molecular weight is 360 g/mol. The number of hydrogen-bond donors (Lipinski definition) is 2. The zero-order valence-corrected chi connectivity index (χ0v) is 15.8. The van der Waals surface area contributed by atoms with Gasteiger partial charge in [0.05, 0.1) is 5.69 Å². The predicted octanol–water partition coefficient (Wildman–Crippen LogP) is 3.17. The Morgan fingerprint density at radius 1 is 1.44 bits per heavy atom. The number of nitrogen functional groups attached to an aromatic ring is 1. The van der Waals surface area contributed by atoms with Crippen LogP contribution in [0.25, 0.3) is 10.2 Å². The summed E-state index contributed by atoms with van der Waals surface area (Å²) in [4.78, 5) is 18.5. The van der Waals surface area contributed by atoms with Crippen LogP contribution in [-0.2, 0) is 6.42 Å². The summed E-state index contributed by atoms with van der Waals surface area (Å²) in [6, 6.07) is 0.145. The van der Waals surface area contributed by atoms with Crippen LogP contribution in [0.5, 0.6) is 0 Å². The molecule has 0 fully saturated rings. The summed E-state index contributed by atoms with van der Waals surface area (Å²) in [5.41, 5.74) is 10.00. The highest BCUT2D eigenvalue weighted by molar-refractivity contribution is 7.21. The van der Waals surface area contributed by atoms with Crippen LogP contribution >= 0.6 is 11.3 Å². The number of aryl methyl sites for hydroxylation is 2. The maximum Gasteiger partial charge on any atom is 0.302 e. The van der Waals surface area contributed by atoms with Crippen LogP contribution in [0.4, 0.5) is 11.6 Å². The Kier molecular flexibility index (Phi) is 4.47. The number of hydrogen-bond acceptors (Lipinski definition) is 6. The van der Waals surface area contributed by atoms with Crippen LogP contribution < -0.4 is 15.7 Å². The predicted molar refractivity (Wildman–Crippen MR) is 97.9 cm³/mol. The molecule has 0 saturated carbocycles. The number of nitrogens with zero attached hydrogens (tertiary/aromatic N) is 3. The quantitative estimate of drug-likeness (QED) is 0.697. The number of nitrogens with two attached hydrogens (primary N) is 1. The van der Waals surface area contributed by atoms with Gasteiger partial charge >= 0.3 is 5.88 Å². The molecule has 0 aromatic carbocycles. The van der Waals surface area contributed by atoms with Crippen molar-refractivity contribution in [2.75, 3.05) is 11.1 Å². The average Bonchev–Trinajstić information content (AvgIpc) is 3.12. The number of rotatable bonds is 4. The van der Waals surface area contributed by atoms with Crippen molar-refractivity contribution in [1.29, 1.82) is 0 Å². The van der Waals surface area contributed by atoms with Crippen LogP contribution in [0.15, 0.2) is 10.7 Å². The van der Waals surface area contributed by atoms with E-state index in [-0.39, 0.29) is 17.8 Å². The van der Waals surface area contributed by atoms with Gasteiger partial charge in [-0.3, -0.25) is 14.6 Å². The lowest BCUT2D eigenvalue weighted by Crippen LogP contribution is -2.36. The number of carbonyl (C=O) groups excluding carboxylic acids is 1. The number of anilines is 2. The Bertz CT molecular complexity index is 958. The number of aromatic nitrogens is 3. The van der Waals surface area contributed by atoms with E-state index < -0.39 is 0 Å². The first-order valence-electron chi connectivity index (χ1n) is 8.21. The Morgan fingerprint density at radius 3 is 2.76 bits per heavy atom. The molecule has 0 aliphatic rings. The fraction of sp³-hybridized carbons (Fsp3) is 0.412. The third-order valence-electron chi connectivity index (χ3n) is 4.27. The molecule has 3 N–H and O–H groups in total. The third kappa shape index (κ3) is 2.97. The minimum atomic E-state index is -0.317. The minimum absolute atomic E-state index is 0.145. The van der Waals surface area contributed by atoms with Gasteiger partial charge in [-0.15, -0.1) is 11.3 Å². The summed E-state index contributed by atoms with van der Waals surface area (Å²) in [7, 11) is 0. The van der Waals surface area contributed by atoms with Crippen molar-refractivity contribution < 1.29 is 14.0 Å². The summed E-state index contributed by atoms with van der Waals surface area (Å²) < 4.78 is 6.77. The Labute approximate surface area is 149 Å². The zero-order chi connectivity index (χ0) is 18.3. The van der Waals surface area contributed by atoms with Gasteiger partial charge in [0, 0.05) is 11.1 Å². The molecule has 3 aromatic rings. The summed E-state index contributed by atoms with van der Waals surface area (Å²) in [6.07, 6.45) is 2.53. The summed E-state index contributed by atoms with van der Waals surface area (Å²) >= 11 is 1.29. The fourth-order valence-corrected chi connectivity index (χ4v) is 4.03. The van der Waals surface area contributed by atoms with E-state index in [1.165, 1.54) is 16.9 Å². The molecule has 3 heterocycles. The second-order valence-electron chi connectivity index (χ2n) is 6.27. The van der Waals surface area contributed by atoms with Crippen LogP contribution in [0, 0.1) is 13.8 Å². The van der Waals surface area contributed by atoms with Crippen LogP contribution in [-0.4, -0.2) is 16.2 Å². The zero-order valence-electron chi connectivity index (χ0n) is 15.0. The summed E-state index contributed by atoms with van der Waals surface area (Å²) in [6.45, 7) is 10.1. The number of amides is 1. The highest BCUT2D eigenvalue weighted by Crippen LogP contribution is 2.37. The van der Waals surface area contributed by atoms with Crippen LogP contribution in [0.1, 0.15) is 53.3 Å². The van der Waals surface area contributed by atoms with Gasteiger partial charge in [0.1, 0.15) is 9.71 Å². The second-order valence-corrected chi connectivity index (χ2v) is 7.27. The van der Waals surface area contributed by atoms with Crippen LogP contribution in [0.2, 0.25) is 0 Å². The fourth-order valence-electron chi connectivity index (χ4n) is 2.93. The Hall–Kier alpha value is -2.48. The largest absolute Gasteiger partial charge is 0.397 e.